The molecule has 1 amide bonds. The summed E-state index contributed by atoms with van der Waals surface area (Å²) in [6, 6.07) is 2.80. The van der Waals surface area contributed by atoms with Crippen LogP contribution in [-0.4, -0.2) is 53.4 Å². The lowest BCUT2D eigenvalue weighted by Crippen LogP contribution is -2.43. The number of halogens is 6. The molecule has 1 aromatic heterocycles. The van der Waals surface area contributed by atoms with Crippen molar-refractivity contribution in [3.05, 3.63) is 58.7 Å². The molecule has 39 heavy (non-hydrogen) atoms. The van der Waals surface area contributed by atoms with Gasteiger partial charge in [0.2, 0.25) is 5.96 Å². The second-order valence-corrected chi connectivity index (χ2v) is 9.10. The van der Waals surface area contributed by atoms with E-state index in [2.05, 4.69) is 25.6 Å². The van der Waals surface area contributed by atoms with Crippen LogP contribution in [0.25, 0.3) is 10.9 Å². The van der Waals surface area contributed by atoms with Crippen LogP contribution in [0, 0.1) is 11.6 Å². The number of carbonyl (C=O) groups excluding carboxylic acids is 2. The number of alkyl halides is 3. The first-order valence-electron chi connectivity index (χ1n) is 11.5. The second-order valence-electron chi connectivity index (χ2n) is 8.88. The zero-order valence-corrected chi connectivity index (χ0v) is 21.4. The van der Waals surface area contributed by atoms with Crippen LogP contribution in [0.1, 0.15) is 46.0 Å². The molecule has 2 aromatic carbocycles. The van der Waals surface area contributed by atoms with E-state index in [0.717, 1.165) is 28.9 Å². The van der Waals surface area contributed by atoms with Gasteiger partial charge in [0.25, 0.3) is 11.8 Å². The summed E-state index contributed by atoms with van der Waals surface area (Å²) in [5.74, 6) is -5.23. The number of guanidine groups is 1. The minimum absolute atomic E-state index is 0.0794. The highest BCUT2D eigenvalue weighted by Gasteiger charge is 2.43. The maximum Gasteiger partial charge on any atom is 0.416 e. The summed E-state index contributed by atoms with van der Waals surface area (Å²) < 4.78 is 74.6. The Hall–Kier alpha value is -3.62. The van der Waals surface area contributed by atoms with Crippen molar-refractivity contribution in [2.24, 2.45) is 4.99 Å². The first kappa shape index (κ1) is 28.4. The normalized spacial score (nSPS) is 18.4. The molecule has 3 N–H and O–H groups in total. The third kappa shape index (κ3) is 5.44. The van der Waals surface area contributed by atoms with E-state index < -0.39 is 53.2 Å². The number of amides is 1. The van der Waals surface area contributed by atoms with Gasteiger partial charge in [0.05, 0.1) is 23.7 Å². The van der Waals surface area contributed by atoms with Crippen LogP contribution in [-0.2, 0) is 10.9 Å². The Balaban J connectivity index is 1.81. The first-order chi connectivity index (χ1) is 18.4. The number of ether oxygens (including phenoxy) is 1. The molecule has 0 spiro atoms. The summed E-state index contributed by atoms with van der Waals surface area (Å²) in [6.07, 6.45) is -4.72. The molecule has 1 unspecified atom stereocenters. The minimum atomic E-state index is -4.72. The molecule has 2 heterocycles. The van der Waals surface area contributed by atoms with Crippen LogP contribution in [0.15, 0.2) is 35.3 Å². The average Bonchev–Trinajstić information content (AvgIpc) is 3.22. The van der Waals surface area contributed by atoms with Crippen molar-refractivity contribution in [3.8, 4) is 0 Å². The van der Waals surface area contributed by atoms with Crippen LogP contribution in [0.3, 0.4) is 0 Å². The Bertz CT molecular complexity index is 1470. The average molecular weight is 573 g/mol. The smallest absolute Gasteiger partial charge is 0.382 e. The Kier molecular flexibility index (Phi) is 7.91. The number of benzene rings is 2. The summed E-state index contributed by atoms with van der Waals surface area (Å²) in [7, 11) is 1.43. The zero-order chi connectivity index (χ0) is 28.6. The van der Waals surface area contributed by atoms with Crippen molar-refractivity contribution in [3.63, 3.8) is 0 Å². The van der Waals surface area contributed by atoms with Crippen molar-refractivity contribution in [1.82, 2.24) is 19.9 Å². The van der Waals surface area contributed by atoms with Crippen molar-refractivity contribution < 1.29 is 36.3 Å². The van der Waals surface area contributed by atoms with E-state index in [1.165, 1.54) is 14.0 Å². The minimum Gasteiger partial charge on any atom is -0.382 e. The van der Waals surface area contributed by atoms with E-state index >= 15 is 0 Å². The molecule has 4 rings (SSSR count). The van der Waals surface area contributed by atoms with Gasteiger partial charge < -0.3 is 10.1 Å². The lowest BCUT2D eigenvalue weighted by Gasteiger charge is -2.29. The molecule has 0 aliphatic carbocycles. The van der Waals surface area contributed by atoms with Gasteiger partial charge in [0.15, 0.2) is 17.5 Å². The predicted molar refractivity (Wildman–Crippen MR) is 133 cm³/mol. The molecule has 1 aliphatic heterocycles. The van der Waals surface area contributed by atoms with Gasteiger partial charge >= 0.3 is 6.18 Å². The van der Waals surface area contributed by atoms with Gasteiger partial charge in [-0.1, -0.05) is 6.92 Å². The predicted octanol–water partition coefficient (Wildman–Crippen LogP) is 4.44. The number of aliphatic imine (C=N–C) groups is 1. The molecule has 3 atom stereocenters. The SMILES string of the molecule is COC[C@H](C)N=C(NC(=O)c1ccc(F)c(F)c1)Nc1nn2c3c(c(C(F)(F)F)ccc13)C(C)[C@H](NCl)C2=O. The molecule has 0 fully saturated rings. The maximum atomic E-state index is 13.9. The number of hydrogen-bond acceptors (Lipinski definition) is 6. The third-order valence-electron chi connectivity index (χ3n) is 6.14. The van der Waals surface area contributed by atoms with Gasteiger partial charge in [0, 0.05) is 24.0 Å². The summed E-state index contributed by atoms with van der Waals surface area (Å²) in [5, 5.41) is 9.49. The number of nitrogens with one attached hydrogen (secondary N) is 3. The number of hydrogen-bond donors (Lipinski definition) is 3. The van der Waals surface area contributed by atoms with E-state index in [1.807, 2.05) is 0 Å². The Morgan fingerprint density at radius 2 is 1.95 bits per heavy atom. The van der Waals surface area contributed by atoms with Gasteiger partial charge in [-0.05, 0) is 54.6 Å². The molecule has 208 valence electrons. The van der Waals surface area contributed by atoms with Crippen LogP contribution >= 0.6 is 11.8 Å². The molecule has 0 radical (unpaired) electrons. The summed E-state index contributed by atoms with van der Waals surface area (Å²) in [6.45, 7) is 3.21. The molecule has 0 bridgehead atoms. The molecule has 0 saturated carbocycles. The molecule has 15 heteroatoms. The van der Waals surface area contributed by atoms with E-state index in [4.69, 9.17) is 16.5 Å². The molecule has 9 nitrogen and oxygen atoms in total. The fraction of sp³-hybridized carbons (Fsp3) is 0.333. The van der Waals surface area contributed by atoms with E-state index in [0.29, 0.717) is 6.07 Å². The van der Waals surface area contributed by atoms with Crippen molar-refractivity contribution in [1.29, 1.82) is 0 Å². The highest BCUT2D eigenvalue weighted by atomic mass is 35.5. The number of carbonyl (C=O) groups is 2. The highest BCUT2D eigenvalue weighted by molar-refractivity contribution is 6.17. The number of rotatable bonds is 6. The number of nitrogens with zero attached hydrogens (tertiary/aromatic N) is 3. The van der Waals surface area contributed by atoms with Crippen LogP contribution in [0.5, 0.6) is 0 Å². The monoisotopic (exact) mass is 572 g/mol. The van der Waals surface area contributed by atoms with Gasteiger partial charge in [-0.15, -0.1) is 5.10 Å². The second kappa shape index (κ2) is 10.9. The Morgan fingerprint density at radius 3 is 2.56 bits per heavy atom. The highest BCUT2D eigenvalue weighted by Crippen LogP contribution is 2.44. The van der Waals surface area contributed by atoms with E-state index in [1.54, 1.807) is 6.92 Å². The summed E-state index contributed by atoms with van der Waals surface area (Å²) in [5.41, 5.74) is -1.44. The molecule has 0 saturated heterocycles. The van der Waals surface area contributed by atoms with Crippen molar-refractivity contribution in [2.45, 2.75) is 38.0 Å². The standard InChI is InChI=1S/C24H22ClF5N6O3/c1-10(9-39-3)31-23(33-21(37)12-4-7-15(26)16(27)8-12)32-20-13-5-6-14(24(28,29)30)17-11(2)18(34-25)22(38)36(35-20)19(13)17/h4-8,10-11,18,34H,9H2,1-3H3,(H2,31,32,33,35,37)/t10-,11?,18-/m0/s1. The van der Waals surface area contributed by atoms with Gasteiger partial charge in [-0.3, -0.25) is 14.9 Å². The Labute approximate surface area is 223 Å². The summed E-state index contributed by atoms with van der Waals surface area (Å²) in [4.78, 5) is 32.4. The van der Waals surface area contributed by atoms with Crippen LogP contribution < -0.4 is 15.5 Å². The zero-order valence-electron chi connectivity index (χ0n) is 20.7. The lowest BCUT2D eigenvalue weighted by molar-refractivity contribution is -0.138. The van der Waals surface area contributed by atoms with E-state index in [-0.39, 0.29) is 40.4 Å². The molecule has 1 aliphatic rings. The van der Waals surface area contributed by atoms with Crippen LogP contribution in [0.4, 0.5) is 27.8 Å². The van der Waals surface area contributed by atoms with E-state index in [9.17, 15) is 31.5 Å². The molecular weight excluding hydrogens is 551 g/mol. The number of anilines is 1. The molecular formula is C24H22ClF5N6O3. The quantitative estimate of drug-likeness (QED) is 0.174. The first-order valence-corrected chi connectivity index (χ1v) is 11.9. The van der Waals surface area contributed by atoms with Gasteiger partial charge in [-0.2, -0.15) is 17.9 Å². The topological polar surface area (TPSA) is 110 Å². The summed E-state index contributed by atoms with van der Waals surface area (Å²) >= 11 is 5.72. The van der Waals surface area contributed by atoms with Crippen molar-refractivity contribution in [2.75, 3.05) is 19.0 Å². The Morgan fingerprint density at radius 1 is 1.23 bits per heavy atom. The fourth-order valence-electron chi connectivity index (χ4n) is 4.37. The molecule has 3 aromatic rings. The maximum absolute atomic E-state index is 13.9. The van der Waals surface area contributed by atoms with Gasteiger partial charge in [0.1, 0.15) is 6.04 Å². The number of methoxy groups -OCH3 is 1. The van der Waals surface area contributed by atoms with Crippen LogP contribution in [0.2, 0.25) is 0 Å². The fourth-order valence-corrected chi connectivity index (χ4v) is 4.65. The third-order valence-corrected chi connectivity index (χ3v) is 6.38. The largest absolute Gasteiger partial charge is 0.416 e. The number of aromatic nitrogens is 2. The van der Waals surface area contributed by atoms with Crippen molar-refractivity contribution >= 4 is 46.3 Å². The lowest BCUT2D eigenvalue weighted by atomic mass is 9.85. The van der Waals surface area contributed by atoms with Gasteiger partial charge in [-0.25, -0.2) is 18.6 Å².